The molecule has 0 aliphatic carbocycles. The highest BCUT2D eigenvalue weighted by Crippen LogP contribution is 2.31. The van der Waals surface area contributed by atoms with Crippen molar-refractivity contribution in [1.29, 1.82) is 0 Å². The van der Waals surface area contributed by atoms with Crippen molar-refractivity contribution in [3.8, 4) is 0 Å². The summed E-state index contributed by atoms with van der Waals surface area (Å²) in [6, 6.07) is 27.5. The Labute approximate surface area is 279 Å². The fourth-order valence-corrected chi connectivity index (χ4v) is 7.06. The van der Waals surface area contributed by atoms with E-state index in [1.165, 1.54) is 17.0 Å². The molecule has 0 aliphatic heterocycles. The van der Waals surface area contributed by atoms with Crippen LogP contribution >= 0.6 is 27.5 Å². The van der Waals surface area contributed by atoms with Crippen LogP contribution in [0.1, 0.15) is 35.6 Å². The Morgan fingerprint density at radius 1 is 0.889 bits per heavy atom. The number of carbonyl (C=O) groups excluding carboxylic acids is 2. The topological polar surface area (TPSA) is 86.8 Å². The van der Waals surface area contributed by atoms with Gasteiger partial charge in [0.1, 0.15) is 12.6 Å². The molecule has 45 heavy (non-hydrogen) atoms. The second-order valence-electron chi connectivity index (χ2n) is 10.9. The van der Waals surface area contributed by atoms with Crippen molar-refractivity contribution in [2.24, 2.45) is 0 Å². The number of hydrogen-bond acceptors (Lipinski definition) is 4. The Kier molecular flexibility index (Phi) is 11.8. The SMILES string of the molecule is CCCNC(=O)[C@H](Cc1ccccc1)N(Cc1cccc(Br)c1)C(=O)CN(c1cccc(Cl)c1C)S(=O)(=O)c1ccc(C)cc1. The summed E-state index contributed by atoms with van der Waals surface area (Å²) >= 11 is 9.96. The molecule has 0 fully saturated rings. The second kappa shape index (κ2) is 15.6. The Balaban J connectivity index is 1.83. The molecule has 0 bridgehead atoms. The molecule has 4 rings (SSSR count). The minimum Gasteiger partial charge on any atom is -0.354 e. The third-order valence-corrected chi connectivity index (χ3v) is 10.1. The molecule has 0 heterocycles. The summed E-state index contributed by atoms with van der Waals surface area (Å²) in [6.07, 6.45) is 0.969. The van der Waals surface area contributed by atoms with E-state index in [-0.39, 0.29) is 29.5 Å². The highest BCUT2D eigenvalue weighted by atomic mass is 79.9. The highest BCUT2D eigenvalue weighted by molar-refractivity contribution is 9.10. The number of rotatable bonds is 13. The van der Waals surface area contributed by atoms with Crippen molar-refractivity contribution in [1.82, 2.24) is 10.2 Å². The normalized spacial score (nSPS) is 11.9. The van der Waals surface area contributed by atoms with Crippen LogP contribution < -0.4 is 9.62 Å². The zero-order valence-electron chi connectivity index (χ0n) is 25.5. The zero-order chi connectivity index (χ0) is 32.6. The lowest BCUT2D eigenvalue weighted by Gasteiger charge is -2.34. The smallest absolute Gasteiger partial charge is 0.264 e. The number of halogens is 2. The fourth-order valence-electron chi connectivity index (χ4n) is 4.97. The predicted molar refractivity (Wildman–Crippen MR) is 184 cm³/mol. The number of amides is 2. The first-order valence-corrected chi connectivity index (χ1v) is 17.3. The first-order valence-electron chi connectivity index (χ1n) is 14.7. The average Bonchev–Trinajstić information content (AvgIpc) is 3.02. The first kappa shape index (κ1) is 34.2. The third kappa shape index (κ3) is 8.75. The summed E-state index contributed by atoms with van der Waals surface area (Å²) in [6.45, 7) is 5.53. The molecule has 4 aromatic rings. The van der Waals surface area contributed by atoms with Gasteiger partial charge in [0.05, 0.1) is 10.6 Å². The van der Waals surface area contributed by atoms with Crippen molar-refractivity contribution in [3.05, 3.63) is 129 Å². The van der Waals surface area contributed by atoms with Crippen LogP contribution in [0.3, 0.4) is 0 Å². The largest absolute Gasteiger partial charge is 0.354 e. The Bertz CT molecular complexity index is 1730. The maximum atomic E-state index is 14.5. The molecule has 7 nitrogen and oxygen atoms in total. The van der Waals surface area contributed by atoms with E-state index in [0.717, 1.165) is 31.9 Å². The molecule has 1 atom stereocenters. The Morgan fingerprint density at radius 2 is 1.56 bits per heavy atom. The number of benzene rings is 4. The molecule has 0 unspecified atom stereocenters. The standard InChI is InChI=1S/C35H37BrClN3O4S/c1-4-20-38-35(42)33(22-27-10-6-5-7-11-27)39(23-28-12-8-13-29(36)21-28)34(41)24-40(32-15-9-14-31(37)26(32)3)45(43,44)30-18-16-25(2)17-19-30/h5-19,21,33H,4,20,22-24H2,1-3H3,(H,38,42)/t33-/m0/s1. The van der Waals surface area contributed by atoms with Gasteiger partial charge in [-0.05, 0) is 73.4 Å². The van der Waals surface area contributed by atoms with Crippen LogP contribution in [0.15, 0.2) is 106 Å². The molecule has 1 N–H and O–H groups in total. The van der Waals surface area contributed by atoms with E-state index in [2.05, 4.69) is 21.2 Å². The molecule has 4 aromatic carbocycles. The maximum absolute atomic E-state index is 14.5. The maximum Gasteiger partial charge on any atom is 0.264 e. The summed E-state index contributed by atoms with van der Waals surface area (Å²) in [5, 5.41) is 3.33. The lowest BCUT2D eigenvalue weighted by molar-refractivity contribution is -0.140. The molecule has 0 aromatic heterocycles. The van der Waals surface area contributed by atoms with Gasteiger partial charge < -0.3 is 10.2 Å². The number of sulfonamides is 1. The van der Waals surface area contributed by atoms with Crippen molar-refractivity contribution in [2.75, 3.05) is 17.4 Å². The Morgan fingerprint density at radius 3 is 2.22 bits per heavy atom. The second-order valence-corrected chi connectivity index (χ2v) is 14.0. The number of anilines is 1. The summed E-state index contributed by atoms with van der Waals surface area (Å²) in [4.78, 5) is 29.8. The number of aryl methyl sites for hydroxylation is 1. The van der Waals surface area contributed by atoms with Crippen LogP contribution in [0.4, 0.5) is 5.69 Å². The van der Waals surface area contributed by atoms with E-state index >= 15 is 0 Å². The van der Waals surface area contributed by atoms with Crippen LogP contribution in [0.5, 0.6) is 0 Å². The van der Waals surface area contributed by atoms with Gasteiger partial charge in [-0.1, -0.05) is 101 Å². The minimum atomic E-state index is -4.22. The third-order valence-electron chi connectivity index (χ3n) is 7.46. The average molecular weight is 711 g/mol. The van der Waals surface area contributed by atoms with E-state index in [4.69, 9.17) is 11.6 Å². The quantitative estimate of drug-likeness (QED) is 0.161. The minimum absolute atomic E-state index is 0.0420. The summed E-state index contributed by atoms with van der Waals surface area (Å²) in [7, 11) is -4.22. The molecular formula is C35H37BrClN3O4S. The molecule has 0 radical (unpaired) electrons. The van der Waals surface area contributed by atoms with E-state index < -0.39 is 28.5 Å². The molecule has 0 saturated heterocycles. The van der Waals surface area contributed by atoms with Crippen LogP contribution in [0.2, 0.25) is 5.02 Å². The van der Waals surface area contributed by atoms with E-state index in [0.29, 0.717) is 17.1 Å². The van der Waals surface area contributed by atoms with Crippen molar-refractivity contribution in [2.45, 2.75) is 51.1 Å². The molecule has 2 amide bonds. The lowest BCUT2D eigenvalue weighted by atomic mass is 10.0. The number of carbonyl (C=O) groups is 2. The van der Waals surface area contributed by atoms with Gasteiger partial charge in [-0.15, -0.1) is 0 Å². The van der Waals surface area contributed by atoms with Gasteiger partial charge in [0.15, 0.2) is 0 Å². The van der Waals surface area contributed by atoms with Crippen molar-refractivity contribution < 1.29 is 18.0 Å². The van der Waals surface area contributed by atoms with Gasteiger partial charge in [-0.25, -0.2) is 8.42 Å². The van der Waals surface area contributed by atoms with Crippen LogP contribution in [0, 0.1) is 13.8 Å². The van der Waals surface area contributed by atoms with Gasteiger partial charge in [-0.2, -0.15) is 0 Å². The molecule has 0 spiro atoms. The molecule has 0 saturated carbocycles. The fraction of sp³-hybridized carbons (Fsp3) is 0.257. The van der Waals surface area contributed by atoms with Gasteiger partial charge >= 0.3 is 0 Å². The number of nitrogens with one attached hydrogen (secondary N) is 1. The van der Waals surface area contributed by atoms with Gasteiger partial charge in [0.25, 0.3) is 10.0 Å². The van der Waals surface area contributed by atoms with Gasteiger partial charge in [-0.3, -0.25) is 13.9 Å². The monoisotopic (exact) mass is 709 g/mol. The zero-order valence-corrected chi connectivity index (χ0v) is 28.7. The number of hydrogen-bond donors (Lipinski definition) is 1. The van der Waals surface area contributed by atoms with Gasteiger partial charge in [0.2, 0.25) is 11.8 Å². The lowest BCUT2D eigenvalue weighted by Crippen LogP contribution is -2.53. The summed E-state index contributed by atoms with van der Waals surface area (Å²) in [5.74, 6) is -0.839. The Hall–Kier alpha value is -3.66. The molecule has 236 valence electrons. The predicted octanol–water partition coefficient (Wildman–Crippen LogP) is 7.08. The van der Waals surface area contributed by atoms with Crippen molar-refractivity contribution >= 4 is 55.1 Å². The summed E-state index contributed by atoms with van der Waals surface area (Å²) in [5.41, 5.74) is 3.36. The van der Waals surface area contributed by atoms with E-state index in [1.807, 2.05) is 68.4 Å². The first-order chi connectivity index (χ1) is 21.5. The van der Waals surface area contributed by atoms with E-state index in [1.54, 1.807) is 37.3 Å². The summed E-state index contributed by atoms with van der Waals surface area (Å²) < 4.78 is 30.4. The van der Waals surface area contributed by atoms with Crippen LogP contribution in [0.25, 0.3) is 0 Å². The van der Waals surface area contributed by atoms with Crippen LogP contribution in [-0.2, 0) is 32.6 Å². The highest BCUT2D eigenvalue weighted by Gasteiger charge is 2.35. The van der Waals surface area contributed by atoms with Crippen LogP contribution in [-0.4, -0.2) is 44.3 Å². The van der Waals surface area contributed by atoms with Gasteiger partial charge in [0, 0.05) is 29.0 Å². The van der Waals surface area contributed by atoms with E-state index in [9.17, 15) is 18.0 Å². The number of nitrogens with zero attached hydrogens (tertiary/aromatic N) is 2. The van der Waals surface area contributed by atoms with Crippen molar-refractivity contribution in [3.63, 3.8) is 0 Å². The molecule has 10 heteroatoms. The molecular weight excluding hydrogens is 674 g/mol. The molecule has 0 aliphatic rings.